The number of nitriles is 1. The summed E-state index contributed by atoms with van der Waals surface area (Å²) in [5.74, 6) is 0.667. The molecule has 5 nitrogen and oxygen atoms in total. The van der Waals surface area contributed by atoms with Crippen molar-refractivity contribution in [3.05, 3.63) is 23.8 Å². The summed E-state index contributed by atoms with van der Waals surface area (Å²) in [5.41, 5.74) is 0.205. The van der Waals surface area contributed by atoms with E-state index in [1.54, 1.807) is 18.2 Å². The minimum atomic E-state index is -0.805. The summed E-state index contributed by atoms with van der Waals surface area (Å²) in [6, 6.07) is 7.26. The number of rotatable bonds is 9. The Balaban J connectivity index is 2.11. The fraction of sp³-hybridized carbons (Fsp3) is 0.579. The van der Waals surface area contributed by atoms with Crippen molar-refractivity contribution in [2.45, 2.75) is 52.1 Å². The molecule has 24 heavy (non-hydrogen) atoms. The van der Waals surface area contributed by atoms with E-state index in [0.29, 0.717) is 30.2 Å². The maximum atomic E-state index is 12.7. The first-order valence-corrected chi connectivity index (χ1v) is 8.67. The molecule has 0 radical (unpaired) electrons. The van der Waals surface area contributed by atoms with Crippen LogP contribution in [0, 0.1) is 17.2 Å². The normalized spacial score (nSPS) is 16.1. The summed E-state index contributed by atoms with van der Waals surface area (Å²) in [4.78, 5) is 12.7. The van der Waals surface area contributed by atoms with Crippen molar-refractivity contribution in [1.29, 1.82) is 5.26 Å². The van der Waals surface area contributed by atoms with Gasteiger partial charge in [-0.1, -0.05) is 13.8 Å². The van der Waals surface area contributed by atoms with Crippen LogP contribution in [0.5, 0.6) is 5.75 Å². The van der Waals surface area contributed by atoms with Crippen LogP contribution >= 0.6 is 0 Å². The number of ether oxygens (including phenoxy) is 2. The predicted octanol–water partition coefficient (Wildman–Crippen LogP) is 3.88. The molecular weight excluding hydrogens is 304 g/mol. The molecule has 1 aliphatic carbocycles. The molecule has 0 bridgehead atoms. The number of hydrogen-bond donors (Lipinski definition) is 1. The van der Waals surface area contributed by atoms with Crippen LogP contribution in [-0.2, 0) is 9.53 Å². The molecular formula is C19H26N2O3. The zero-order valence-electron chi connectivity index (χ0n) is 14.7. The van der Waals surface area contributed by atoms with Gasteiger partial charge in [-0.3, -0.25) is 4.79 Å². The summed E-state index contributed by atoms with van der Waals surface area (Å²) in [6.45, 7) is 7.02. The van der Waals surface area contributed by atoms with Gasteiger partial charge in [0.2, 0.25) is 0 Å². The monoisotopic (exact) mass is 330 g/mol. The van der Waals surface area contributed by atoms with Crippen LogP contribution < -0.4 is 10.1 Å². The zero-order valence-corrected chi connectivity index (χ0v) is 14.7. The maximum Gasteiger partial charge on any atom is 0.256 e. The number of carbonyl (C=O) groups is 1. The molecule has 0 spiro atoms. The van der Waals surface area contributed by atoms with Gasteiger partial charge in [0, 0.05) is 12.3 Å². The van der Waals surface area contributed by atoms with Gasteiger partial charge in [0.25, 0.3) is 5.91 Å². The minimum absolute atomic E-state index is 0.149. The largest absolute Gasteiger partial charge is 0.492 e. The van der Waals surface area contributed by atoms with Crippen LogP contribution in [0.4, 0.5) is 5.69 Å². The van der Waals surface area contributed by atoms with Crippen molar-refractivity contribution in [3.63, 3.8) is 0 Å². The molecule has 1 aliphatic rings. The van der Waals surface area contributed by atoms with Crippen LogP contribution in [-0.4, -0.2) is 24.7 Å². The van der Waals surface area contributed by atoms with E-state index >= 15 is 0 Å². The van der Waals surface area contributed by atoms with Crippen molar-refractivity contribution in [2.24, 2.45) is 5.92 Å². The number of amides is 1. The van der Waals surface area contributed by atoms with Crippen molar-refractivity contribution in [1.82, 2.24) is 0 Å². The van der Waals surface area contributed by atoms with Crippen molar-refractivity contribution in [3.8, 4) is 11.8 Å². The highest BCUT2D eigenvalue weighted by Gasteiger charge is 2.48. The van der Waals surface area contributed by atoms with Crippen molar-refractivity contribution < 1.29 is 14.3 Å². The molecule has 2 rings (SSSR count). The Morgan fingerprint density at radius 1 is 1.33 bits per heavy atom. The van der Waals surface area contributed by atoms with Crippen molar-refractivity contribution in [2.75, 3.05) is 18.5 Å². The molecule has 0 heterocycles. The zero-order chi connectivity index (χ0) is 17.6. The Bertz CT molecular complexity index is 620. The van der Waals surface area contributed by atoms with Gasteiger partial charge < -0.3 is 14.8 Å². The Kier molecular flexibility index (Phi) is 6.22. The molecule has 1 aromatic carbocycles. The van der Waals surface area contributed by atoms with E-state index in [-0.39, 0.29) is 11.8 Å². The number of benzene rings is 1. The minimum Gasteiger partial charge on any atom is -0.492 e. The highest BCUT2D eigenvalue weighted by molar-refractivity contribution is 5.97. The summed E-state index contributed by atoms with van der Waals surface area (Å²) >= 11 is 0. The van der Waals surface area contributed by atoms with Gasteiger partial charge in [-0.15, -0.1) is 0 Å². The van der Waals surface area contributed by atoms with Crippen LogP contribution in [0.2, 0.25) is 0 Å². The summed E-state index contributed by atoms with van der Waals surface area (Å²) in [6.07, 6.45) is 3.78. The van der Waals surface area contributed by atoms with Crippen LogP contribution in [0.3, 0.4) is 0 Å². The molecule has 0 aliphatic heterocycles. The third kappa shape index (κ3) is 4.27. The van der Waals surface area contributed by atoms with Gasteiger partial charge in [0.15, 0.2) is 0 Å². The van der Waals surface area contributed by atoms with E-state index < -0.39 is 5.60 Å². The van der Waals surface area contributed by atoms with E-state index in [9.17, 15) is 10.1 Å². The molecule has 0 saturated heterocycles. The number of hydrogen-bond acceptors (Lipinski definition) is 4. The van der Waals surface area contributed by atoms with Gasteiger partial charge in [-0.05, 0) is 56.7 Å². The van der Waals surface area contributed by atoms with Gasteiger partial charge in [-0.25, -0.2) is 0 Å². The average molecular weight is 330 g/mol. The van der Waals surface area contributed by atoms with Crippen LogP contribution in [0.1, 0.15) is 52.0 Å². The third-order valence-corrected chi connectivity index (χ3v) is 4.23. The second-order valence-corrected chi connectivity index (χ2v) is 6.36. The third-order valence-electron chi connectivity index (χ3n) is 4.23. The summed E-state index contributed by atoms with van der Waals surface area (Å²) < 4.78 is 11.4. The standard InChI is InChI=1S/C19H26N2O3/c1-4-10-23-17-9-8-16(12-14(17)13-20)21-18(22)19(3,15-6-7-15)24-11-5-2/h8-9,12,15H,4-7,10-11H2,1-3H3,(H,21,22)/t19-/m0/s1. The molecule has 130 valence electrons. The maximum absolute atomic E-state index is 12.7. The Morgan fingerprint density at radius 2 is 2.04 bits per heavy atom. The Hall–Kier alpha value is -2.06. The average Bonchev–Trinajstić information content (AvgIpc) is 3.43. The molecule has 1 fully saturated rings. The molecule has 5 heteroatoms. The first-order chi connectivity index (χ1) is 11.5. The van der Waals surface area contributed by atoms with Gasteiger partial charge in [0.1, 0.15) is 17.4 Å². The molecule has 1 aromatic rings. The molecule has 0 aromatic heterocycles. The number of anilines is 1. The fourth-order valence-corrected chi connectivity index (χ4v) is 2.61. The quantitative estimate of drug-likeness (QED) is 0.746. The lowest BCUT2D eigenvalue weighted by Gasteiger charge is -2.28. The smallest absolute Gasteiger partial charge is 0.256 e. The van der Waals surface area contributed by atoms with E-state index in [4.69, 9.17) is 9.47 Å². The molecule has 0 unspecified atom stereocenters. The molecule has 1 N–H and O–H groups in total. The topological polar surface area (TPSA) is 71.3 Å². The molecule has 1 atom stereocenters. The first kappa shape index (κ1) is 18.3. The van der Waals surface area contributed by atoms with Gasteiger partial charge in [0.05, 0.1) is 12.2 Å². The second-order valence-electron chi connectivity index (χ2n) is 6.36. The SMILES string of the molecule is CCCOc1ccc(NC(=O)[C@@](C)(OCCC)C2CC2)cc1C#N. The highest BCUT2D eigenvalue weighted by atomic mass is 16.5. The molecule has 1 saturated carbocycles. The number of carbonyl (C=O) groups excluding carboxylic acids is 1. The van der Waals surface area contributed by atoms with E-state index in [1.165, 1.54) is 0 Å². The fourth-order valence-electron chi connectivity index (χ4n) is 2.61. The number of nitrogens with one attached hydrogen (secondary N) is 1. The second kappa shape index (κ2) is 8.16. The molecule has 1 amide bonds. The van der Waals surface area contributed by atoms with Gasteiger partial charge in [-0.2, -0.15) is 5.26 Å². The Morgan fingerprint density at radius 3 is 2.62 bits per heavy atom. The lowest BCUT2D eigenvalue weighted by molar-refractivity contribution is -0.142. The van der Waals surface area contributed by atoms with Crippen LogP contribution in [0.15, 0.2) is 18.2 Å². The van der Waals surface area contributed by atoms with Crippen LogP contribution in [0.25, 0.3) is 0 Å². The Labute approximate surface area is 144 Å². The van der Waals surface area contributed by atoms with Crippen molar-refractivity contribution >= 4 is 11.6 Å². The van der Waals surface area contributed by atoms with E-state index in [2.05, 4.69) is 11.4 Å². The predicted molar refractivity (Wildman–Crippen MR) is 92.9 cm³/mol. The lowest BCUT2D eigenvalue weighted by atomic mass is 9.98. The van der Waals surface area contributed by atoms with Gasteiger partial charge >= 0.3 is 0 Å². The summed E-state index contributed by atoms with van der Waals surface area (Å²) in [5, 5.41) is 12.2. The van der Waals surface area contributed by atoms with E-state index in [1.807, 2.05) is 20.8 Å². The van der Waals surface area contributed by atoms with E-state index in [0.717, 1.165) is 25.7 Å². The summed E-state index contributed by atoms with van der Waals surface area (Å²) in [7, 11) is 0. The lowest BCUT2D eigenvalue weighted by Crippen LogP contribution is -2.45. The number of nitrogens with zero attached hydrogens (tertiary/aromatic N) is 1. The highest BCUT2D eigenvalue weighted by Crippen LogP contribution is 2.42. The first-order valence-electron chi connectivity index (χ1n) is 8.67.